The number of benzene rings is 2. The topological polar surface area (TPSA) is 50.8 Å². The first-order valence-corrected chi connectivity index (χ1v) is 7.49. The molecule has 2 aromatic rings. The van der Waals surface area contributed by atoms with Crippen molar-refractivity contribution in [3.8, 4) is 11.5 Å². The molecule has 0 unspecified atom stereocenters. The molecule has 1 aliphatic rings. The molecule has 0 fully saturated rings. The molecule has 23 heavy (non-hydrogen) atoms. The normalized spacial score (nSPS) is 12.7. The molecule has 5 heteroatoms. The van der Waals surface area contributed by atoms with E-state index in [1.165, 1.54) is 11.3 Å². The quantitative estimate of drug-likeness (QED) is 0.943. The predicted molar refractivity (Wildman–Crippen MR) is 90.9 cm³/mol. The van der Waals surface area contributed by atoms with Gasteiger partial charge in [-0.3, -0.25) is 4.79 Å². The first-order chi connectivity index (χ1) is 11.1. The van der Waals surface area contributed by atoms with Crippen LogP contribution in [0.2, 0.25) is 0 Å². The molecule has 1 heterocycles. The molecule has 120 valence electrons. The third-order valence-corrected chi connectivity index (χ3v) is 4.08. The summed E-state index contributed by atoms with van der Waals surface area (Å²) in [5.41, 5.74) is 3.78. The van der Waals surface area contributed by atoms with E-state index in [9.17, 15) is 4.79 Å². The lowest BCUT2D eigenvalue weighted by Gasteiger charge is -2.13. The zero-order valence-electron chi connectivity index (χ0n) is 13.6. The number of hydrogen-bond donors (Lipinski definition) is 1. The summed E-state index contributed by atoms with van der Waals surface area (Å²) >= 11 is 0. The average Bonchev–Trinajstić information content (AvgIpc) is 2.94. The number of nitrogens with one attached hydrogen (secondary N) is 1. The lowest BCUT2D eigenvalue weighted by Crippen LogP contribution is -2.13. The van der Waals surface area contributed by atoms with Crippen molar-refractivity contribution >= 4 is 17.3 Å². The average molecular weight is 312 g/mol. The molecule has 5 nitrogen and oxygen atoms in total. The van der Waals surface area contributed by atoms with Crippen molar-refractivity contribution in [2.45, 2.75) is 6.42 Å². The Morgan fingerprint density at radius 1 is 1.09 bits per heavy atom. The van der Waals surface area contributed by atoms with Crippen molar-refractivity contribution < 1.29 is 14.3 Å². The molecule has 1 amide bonds. The summed E-state index contributed by atoms with van der Waals surface area (Å²) in [5.74, 6) is 0.989. The third kappa shape index (κ3) is 3.08. The van der Waals surface area contributed by atoms with Gasteiger partial charge in [-0.05, 0) is 42.3 Å². The van der Waals surface area contributed by atoms with Crippen LogP contribution < -0.4 is 19.7 Å². The Kier molecular flexibility index (Phi) is 4.10. The molecular formula is C18H20N2O3. The lowest BCUT2D eigenvalue weighted by atomic mass is 10.1. The molecule has 1 aliphatic heterocycles. The summed E-state index contributed by atoms with van der Waals surface area (Å²) in [6.07, 6.45) is 1.00. The Morgan fingerprint density at radius 3 is 2.43 bits per heavy atom. The van der Waals surface area contributed by atoms with Crippen molar-refractivity contribution in [1.29, 1.82) is 0 Å². The number of fused-ring (bicyclic) bond motifs is 1. The van der Waals surface area contributed by atoms with Crippen LogP contribution in [0.15, 0.2) is 36.4 Å². The van der Waals surface area contributed by atoms with E-state index in [4.69, 9.17) is 9.47 Å². The first kappa shape index (κ1) is 15.2. The van der Waals surface area contributed by atoms with Gasteiger partial charge in [0, 0.05) is 36.6 Å². The molecule has 0 radical (unpaired) electrons. The van der Waals surface area contributed by atoms with Crippen LogP contribution in [0, 0.1) is 0 Å². The summed E-state index contributed by atoms with van der Waals surface area (Å²) in [6, 6.07) is 11.1. The van der Waals surface area contributed by atoms with Gasteiger partial charge in [-0.1, -0.05) is 0 Å². The fourth-order valence-corrected chi connectivity index (χ4v) is 2.79. The van der Waals surface area contributed by atoms with Crippen LogP contribution >= 0.6 is 0 Å². The maximum absolute atomic E-state index is 12.5. The van der Waals surface area contributed by atoms with E-state index in [0.717, 1.165) is 18.7 Å². The standard InChI is InChI=1S/C18H20N2O3/c1-20-7-6-12-8-14(4-5-17(12)20)19-18(21)13-9-15(22-2)11-16(10-13)23-3/h4-5,8-11H,6-7H2,1-3H3,(H,19,21). The maximum atomic E-state index is 12.5. The molecular weight excluding hydrogens is 292 g/mol. The van der Waals surface area contributed by atoms with Crippen molar-refractivity contribution in [2.24, 2.45) is 0 Å². The van der Waals surface area contributed by atoms with Crippen LogP contribution in [-0.4, -0.2) is 33.7 Å². The number of hydrogen-bond acceptors (Lipinski definition) is 4. The van der Waals surface area contributed by atoms with Gasteiger partial charge in [0.15, 0.2) is 0 Å². The fraction of sp³-hybridized carbons (Fsp3) is 0.278. The van der Waals surface area contributed by atoms with E-state index in [2.05, 4.69) is 17.3 Å². The maximum Gasteiger partial charge on any atom is 0.255 e. The number of methoxy groups -OCH3 is 2. The molecule has 1 N–H and O–H groups in total. The Morgan fingerprint density at radius 2 is 1.78 bits per heavy atom. The molecule has 0 aromatic heterocycles. The third-order valence-electron chi connectivity index (χ3n) is 4.08. The summed E-state index contributed by atoms with van der Waals surface area (Å²) in [5, 5.41) is 2.94. The predicted octanol–water partition coefficient (Wildman–Crippen LogP) is 2.95. The molecule has 0 bridgehead atoms. The minimum Gasteiger partial charge on any atom is -0.497 e. The van der Waals surface area contributed by atoms with Gasteiger partial charge < -0.3 is 19.7 Å². The van der Waals surface area contributed by atoms with Crippen LogP contribution in [0.5, 0.6) is 11.5 Å². The Labute approximate surface area is 135 Å². The highest BCUT2D eigenvalue weighted by atomic mass is 16.5. The number of amides is 1. The second-order valence-electron chi connectivity index (χ2n) is 5.57. The summed E-state index contributed by atoms with van der Waals surface area (Å²) in [4.78, 5) is 14.7. The fourth-order valence-electron chi connectivity index (χ4n) is 2.79. The van der Waals surface area contributed by atoms with Crippen LogP contribution in [0.3, 0.4) is 0 Å². The van der Waals surface area contributed by atoms with E-state index in [1.807, 2.05) is 18.2 Å². The Balaban J connectivity index is 1.82. The van der Waals surface area contributed by atoms with E-state index in [1.54, 1.807) is 32.4 Å². The molecule has 2 aromatic carbocycles. The first-order valence-electron chi connectivity index (χ1n) is 7.49. The number of rotatable bonds is 4. The van der Waals surface area contributed by atoms with Gasteiger partial charge in [0.2, 0.25) is 0 Å². The largest absolute Gasteiger partial charge is 0.497 e. The minimum absolute atomic E-state index is 0.187. The van der Waals surface area contributed by atoms with Crippen LogP contribution in [-0.2, 0) is 6.42 Å². The van der Waals surface area contributed by atoms with Crippen molar-refractivity contribution in [2.75, 3.05) is 38.0 Å². The summed E-state index contributed by atoms with van der Waals surface area (Å²) in [7, 11) is 5.20. The van der Waals surface area contributed by atoms with Crippen LogP contribution in [0.25, 0.3) is 0 Å². The van der Waals surface area contributed by atoms with Gasteiger partial charge in [-0.25, -0.2) is 0 Å². The van der Waals surface area contributed by atoms with Gasteiger partial charge in [0.05, 0.1) is 14.2 Å². The highest BCUT2D eigenvalue weighted by molar-refractivity contribution is 6.05. The number of carbonyl (C=O) groups excluding carboxylic acids is 1. The Bertz CT molecular complexity index is 721. The molecule has 0 saturated heterocycles. The zero-order valence-corrected chi connectivity index (χ0v) is 13.6. The van der Waals surface area contributed by atoms with Gasteiger partial charge in [-0.15, -0.1) is 0 Å². The van der Waals surface area contributed by atoms with Crippen molar-refractivity contribution in [3.05, 3.63) is 47.5 Å². The highest BCUT2D eigenvalue weighted by Gasteiger charge is 2.17. The molecule has 0 spiro atoms. The number of ether oxygens (including phenoxy) is 2. The zero-order chi connectivity index (χ0) is 16.4. The second-order valence-corrected chi connectivity index (χ2v) is 5.57. The number of nitrogens with zero attached hydrogens (tertiary/aromatic N) is 1. The highest BCUT2D eigenvalue weighted by Crippen LogP contribution is 2.29. The van der Waals surface area contributed by atoms with Gasteiger partial charge in [-0.2, -0.15) is 0 Å². The van der Waals surface area contributed by atoms with E-state index in [-0.39, 0.29) is 5.91 Å². The molecule has 0 saturated carbocycles. The molecule has 3 rings (SSSR count). The smallest absolute Gasteiger partial charge is 0.255 e. The van der Waals surface area contributed by atoms with Crippen LogP contribution in [0.4, 0.5) is 11.4 Å². The monoisotopic (exact) mass is 312 g/mol. The van der Waals surface area contributed by atoms with Crippen LogP contribution in [0.1, 0.15) is 15.9 Å². The number of carbonyl (C=O) groups is 1. The van der Waals surface area contributed by atoms with Gasteiger partial charge in [0.1, 0.15) is 11.5 Å². The summed E-state index contributed by atoms with van der Waals surface area (Å²) in [6.45, 7) is 1.01. The van der Waals surface area contributed by atoms with Gasteiger partial charge in [0.25, 0.3) is 5.91 Å². The Hall–Kier alpha value is -2.69. The van der Waals surface area contributed by atoms with Crippen molar-refractivity contribution in [1.82, 2.24) is 0 Å². The second kappa shape index (κ2) is 6.20. The van der Waals surface area contributed by atoms with E-state index in [0.29, 0.717) is 17.1 Å². The number of anilines is 2. The lowest BCUT2D eigenvalue weighted by molar-refractivity contribution is 0.102. The molecule has 0 atom stereocenters. The van der Waals surface area contributed by atoms with Crippen molar-refractivity contribution in [3.63, 3.8) is 0 Å². The number of likely N-dealkylation sites (N-methyl/N-ethyl adjacent to an activating group) is 1. The van der Waals surface area contributed by atoms with E-state index >= 15 is 0 Å². The van der Waals surface area contributed by atoms with E-state index < -0.39 is 0 Å². The SMILES string of the molecule is COc1cc(OC)cc(C(=O)Nc2ccc3c(c2)CCN3C)c1. The molecule has 0 aliphatic carbocycles. The van der Waals surface area contributed by atoms with Gasteiger partial charge >= 0.3 is 0 Å². The summed E-state index contributed by atoms with van der Waals surface area (Å²) < 4.78 is 10.4. The minimum atomic E-state index is -0.187.